The zero-order valence-electron chi connectivity index (χ0n) is 12.0. The zero-order valence-corrected chi connectivity index (χ0v) is 13.5. The standard InChI is InChI=1S/C16H11Cl2NO4/c1-9(15(18)20)21-11-3-5-12(6-4-11)22-16-19-13-7-2-10(17)8-14(13)23-16/h2-9H,1H3/t9-/m1/s1. The smallest absolute Gasteiger partial charge is 0.400 e. The van der Waals surface area contributed by atoms with E-state index in [9.17, 15) is 4.79 Å². The average molecular weight is 352 g/mol. The molecule has 0 unspecified atom stereocenters. The van der Waals surface area contributed by atoms with E-state index in [-0.39, 0.29) is 6.08 Å². The SMILES string of the molecule is C[C@@H](Oc1ccc(Oc2nc3ccc(Cl)cc3o2)cc1)C(=O)Cl. The second kappa shape index (κ2) is 6.48. The van der Waals surface area contributed by atoms with Gasteiger partial charge in [0.25, 0.3) is 5.24 Å². The zero-order chi connectivity index (χ0) is 16.4. The van der Waals surface area contributed by atoms with Crippen LogP contribution < -0.4 is 9.47 Å². The monoisotopic (exact) mass is 351 g/mol. The molecule has 0 aliphatic carbocycles. The molecule has 0 fully saturated rings. The summed E-state index contributed by atoms with van der Waals surface area (Å²) in [6.45, 7) is 1.57. The Balaban J connectivity index is 1.73. The summed E-state index contributed by atoms with van der Waals surface area (Å²) in [7, 11) is 0. The Morgan fingerprint density at radius 1 is 1.17 bits per heavy atom. The molecule has 7 heteroatoms. The second-order valence-electron chi connectivity index (χ2n) is 4.73. The molecule has 1 heterocycles. The predicted octanol–water partition coefficient (Wildman–Crippen LogP) is 4.81. The van der Waals surface area contributed by atoms with Crippen LogP contribution in [0.2, 0.25) is 5.02 Å². The Bertz CT molecular complexity index is 845. The van der Waals surface area contributed by atoms with E-state index in [2.05, 4.69) is 4.98 Å². The highest BCUT2D eigenvalue weighted by Crippen LogP contribution is 2.28. The molecule has 23 heavy (non-hydrogen) atoms. The molecule has 0 N–H and O–H groups in total. The lowest BCUT2D eigenvalue weighted by Crippen LogP contribution is -2.18. The van der Waals surface area contributed by atoms with Gasteiger partial charge in [0.05, 0.1) is 0 Å². The molecule has 1 atom stereocenters. The largest absolute Gasteiger partial charge is 0.482 e. The number of benzene rings is 2. The summed E-state index contributed by atoms with van der Waals surface area (Å²) in [4.78, 5) is 15.2. The molecular formula is C16H11Cl2NO4. The third-order valence-electron chi connectivity index (χ3n) is 2.99. The summed E-state index contributed by atoms with van der Waals surface area (Å²) in [6.07, 6.45) is -0.606. The van der Waals surface area contributed by atoms with Gasteiger partial charge >= 0.3 is 6.08 Å². The highest BCUT2D eigenvalue weighted by molar-refractivity contribution is 6.64. The normalized spacial score (nSPS) is 12.1. The summed E-state index contributed by atoms with van der Waals surface area (Å²) < 4.78 is 16.4. The van der Waals surface area contributed by atoms with Crippen LogP contribution in [-0.2, 0) is 4.79 Å². The van der Waals surface area contributed by atoms with Crippen LogP contribution in [0.1, 0.15) is 6.92 Å². The third-order valence-corrected chi connectivity index (χ3v) is 3.53. The fourth-order valence-electron chi connectivity index (χ4n) is 1.86. The molecule has 0 aliphatic rings. The molecular weight excluding hydrogens is 341 g/mol. The maximum absolute atomic E-state index is 11.0. The number of hydrogen-bond acceptors (Lipinski definition) is 5. The lowest BCUT2D eigenvalue weighted by molar-refractivity contribution is -0.117. The van der Waals surface area contributed by atoms with E-state index in [0.717, 1.165) is 0 Å². The van der Waals surface area contributed by atoms with Gasteiger partial charge in [-0.3, -0.25) is 4.79 Å². The Hall–Kier alpha value is -2.24. The topological polar surface area (TPSA) is 61.6 Å². The predicted molar refractivity (Wildman–Crippen MR) is 86.5 cm³/mol. The number of aromatic nitrogens is 1. The quantitative estimate of drug-likeness (QED) is 0.617. The first-order chi connectivity index (χ1) is 11.0. The highest BCUT2D eigenvalue weighted by Gasteiger charge is 2.12. The van der Waals surface area contributed by atoms with E-state index < -0.39 is 11.3 Å². The van der Waals surface area contributed by atoms with Gasteiger partial charge in [-0.1, -0.05) is 11.6 Å². The lowest BCUT2D eigenvalue weighted by atomic mass is 10.3. The number of nitrogens with zero attached hydrogens (tertiary/aromatic N) is 1. The lowest BCUT2D eigenvalue weighted by Gasteiger charge is -2.10. The van der Waals surface area contributed by atoms with Gasteiger partial charge < -0.3 is 13.9 Å². The first kappa shape index (κ1) is 15.6. The van der Waals surface area contributed by atoms with Gasteiger partial charge in [0.2, 0.25) is 0 Å². The average Bonchev–Trinajstić information content (AvgIpc) is 2.90. The second-order valence-corrected chi connectivity index (χ2v) is 5.54. The van der Waals surface area contributed by atoms with Crippen molar-refractivity contribution >= 4 is 39.5 Å². The molecule has 0 radical (unpaired) electrons. The van der Waals surface area contributed by atoms with Crippen LogP contribution in [0, 0.1) is 0 Å². The molecule has 2 aromatic carbocycles. The summed E-state index contributed by atoms with van der Waals surface area (Å²) in [5.41, 5.74) is 1.20. The van der Waals surface area contributed by atoms with Crippen LogP contribution in [0.15, 0.2) is 46.9 Å². The van der Waals surface area contributed by atoms with Gasteiger partial charge in [0.1, 0.15) is 17.0 Å². The molecule has 118 valence electrons. The number of rotatable bonds is 5. The fourth-order valence-corrected chi connectivity index (χ4v) is 2.07. The van der Waals surface area contributed by atoms with Crippen LogP contribution >= 0.6 is 23.2 Å². The van der Waals surface area contributed by atoms with Gasteiger partial charge in [-0.05, 0) is 54.9 Å². The van der Waals surface area contributed by atoms with E-state index in [1.807, 2.05) is 0 Å². The minimum absolute atomic E-state index is 0.111. The fraction of sp³-hybridized carbons (Fsp3) is 0.125. The molecule has 0 amide bonds. The van der Waals surface area contributed by atoms with Crippen molar-refractivity contribution < 1.29 is 18.7 Å². The number of oxazole rings is 1. The minimum Gasteiger partial charge on any atom is -0.482 e. The van der Waals surface area contributed by atoms with Crippen molar-refractivity contribution in [3.05, 3.63) is 47.5 Å². The van der Waals surface area contributed by atoms with Crippen LogP contribution in [0.5, 0.6) is 17.6 Å². The Morgan fingerprint density at radius 3 is 2.57 bits per heavy atom. The Kier molecular flexibility index (Phi) is 4.41. The number of ether oxygens (including phenoxy) is 2. The van der Waals surface area contributed by atoms with E-state index >= 15 is 0 Å². The van der Waals surface area contributed by atoms with Gasteiger partial charge in [-0.25, -0.2) is 0 Å². The number of carbonyl (C=O) groups is 1. The van der Waals surface area contributed by atoms with Crippen LogP contribution in [-0.4, -0.2) is 16.3 Å². The van der Waals surface area contributed by atoms with Crippen molar-refractivity contribution in [2.24, 2.45) is 0 Å². The molecule has 0 saturated heterocycles. The molecule has 0 saturated carbocycles. The summed E-state index contributed by atoms with van der Waals surface area (Å²) in [5, 5.41) is 0.000114. The van der Waals surface area contributed by atoms with Crippen LogP contribution in [0.25, 0.3) is 11.1 Å². The molecule has 0 spiro atoms. The van der Waals surface area contributed by atoms with Crippen molar-refractivity contribution in [3.8, 4) is 17.6 Å². The highest BCUT2D eigenvalue weighted by atomic mass is 35.5. The third kappa shape index (κ3) is 3.75. The van der Waals surface area contributed by atoms with Crippen molar-refractivity contribution in [2.45, 2.75) is 13.0 Å². The van der Waals surface area contributed by atoms with Crippen LogP contribution in [0.4, 0.5) is 0 Å². The Labute approximate surface area is 141 Å². The number of halogens is 2. The van der Waals surface area contributed by atoms with Crippen molar-refractivity contribution in [3.63, 3.8) is 0 Å². The van der Waals surface area contributed by atoms with Crippen molar-refractivity contribution in [1.29, 1.82) is 0 Å². The van der Waals surface area contributed by atoms with E-state index in [1.54, 1.807) is 49.4 Å². The van der Waals surface area contributed by atoms with Crippen molar-refractivity contribution in [2.75, 3.05) is 0 Å². The molecule has 0 aliphatic heterocycles. The van der Waals surface area contributed by atoms with E-state index in [0.29, 0.717) is 27.6 Å². The molecule has 3 aromatic rings. The van der Waals surface area contributed by atoms with Gasteiger partial charge in [-0.15, -0.1) is 0 Å². The van der Waals surface area contributed by atoms with E-state index in [4.69, 9.17) is 37.1 Å². The van der Waals surface area contributed by atoms with Crippen LogP contribution in [0.3, 0.4) is 0 Å². The number of carbonyl (C=O) groups excluding carboxylic acids is 1. The summed E-state index contributed by atoms with van der Waals surface area (Å²) in [6, 6.07) is 11.8. The molecule has 0 bridgehead atoms. The maximum Gasteiger partial charge on any atom is 0.400 e. The number of fused-ring (bicyclic) bond motifs is 1. The first-order valence-electron chi connectivity index (χ1n) is 6.71. The van der Waals surface area contributed by atoms with Gasteiger partial charge in [0, 0.05) is 11.1 Å². The van der Waals surface area contributed by atoms with E-state index in [1.165, 1.54) is 0 Å². The van der Waals surface area contributed by atoms with Gasteiger partial charge in [-0.2, -0.15) is 4.98 Å². The molecule has 1 aromatic heterocycles. The minimum atomic E-state index is -0.717. The molecule has 5 nitrogen and oxygen atoms in total. The van der Waals surface area contributed by atoms with Gasteiger partial charge in [0.15, 0.2) is 11.7 Å². The first-order valence-corrected chi connectivity index (χ1v) is 7.47. The van der Waals surface area contributed by atoms with Crippen molar-refractivity contribution in [1.82, 2.24) is 4.98 Å². The molecule has 3 rings (SSSR count). The summed E-state index contributed by atoms with van der Waals surface area (Å²) >= 11 is 11.2. The Morgan fingerprint density at radius 2 is 1.87 bits per heavy atom. The summed E-state index contributed by atoms with van der Waals surface area (Å²) in [5.74, 6) is 1.02. The maximum atomic E-state index is 11.0. The number of hydrogen-bond donors (Lipinski definition) is 0.